The molecule has 9 N–H and O–H groups in total. The number of phenolic OH excluding ortho intramolecular Hbond substituents is 3. The monoisotopic (exact) mass is 594 g/mol. The summed E-state index contributed by atoms with van der Waals surface area (Å²) in [5.41, 5.74) is -0.956. The van der Waals surface area contributed by atoms with Crippen LogP contribution in [0.3, 0.4) is 0 Å². The van der Waals surface area contributed by atoms with Crippen molar-refractivity contribution < 1.29 is 69.3 Å². The molecule has 3 heterocycles. The molecule has 0 aliphatic carbocycles. The second-order valence-electron chi connectivity index (χ2n) is 10.1. The molecule has 2 aliphatic rings. The van der Waals surface area contributed by atoms with E-state index in [1.807, 2.05) is 0 Å². The van der Waals surface area contributed by atoms with Crippen LogP contribution in [0.4, 0.5) is 0 Å². The van der Waals surface area contributed by atoms with Crippen LogP contribution in [-0.2, 0) is 14.2 Å². The van der Waals surface area contributed by atoms with E-state index in [4.69, 9.17) is 23.4 Å². The van der Waals surface area contributed by atoms with Crippen LogP contribution in [0, 0.1) is 0 Å². The van der Waals surface area contributed by atoms with Crippen molar-refractivity contribution in [1.29, 1.82) is 0 Å². The lowest BCUT2D eigenvalue weighted by molar-refractivity contribution is -0.318. The topological polar surface area (TPSA) is 249 Å². The maximum atomic E-state index is 13.5. The number of aliphatic hydroxyl groups excluding tert-OH is 6. The fraction of sp³-hybridized carbons (Fsp3) is 0.444. The summed E-state index contributed by atoms with van der Waals surface area (Å²) in [6.45, 7) is 0.866. The molecule has 10 atom stereocenters. The first-order valence-corrected chi connectivity index (χ1v) is 12.9. The Morgan fingerprint density at radius 2 is 1.40 bits per heavy atom. The number of aliphatic hydroxyl groups is 6. The number of fused-ring (bicyclic) bond motifs is 1. The Morgan fingerprint density at radius 3 is 2.10 bits per heavy atom. The molecule has 0 radical (unpaired) electrons. The molecule has 0 spiro atoms. The van der Waals surface area contributed by atoms with E-state index in [-0.39, 0.29) is 28.0 Å². The van der Waals surface area contributed by atoms with Crippen molar-refractivity contribution in [3.8, 4) is 34.3 Å². The van der Waals surface area contributed by atoms with Gasteiger partial charge in [-0.1, -0.05) is 0 Å². The molecule has 15 nitrogen and oxygen atoms in total. The lowest BCUT2D eigenvalue weighted by Crippen LogP contribution is -2.61. The van der Waals surface area contributed by atoms with Crippen LogP contribution >= 0.6 is 0 Å². The Hall–Kier alpha value is -3.51. The summed E-state index contributed by atoms with van der Waals surface area (Å²) < 4.78 is 28.0. The van der Waals surface area contributed by atoms with Crippen molar-refractivity contribution in [3.05, 3.63) is 46.6 Å². The summed E-state index contributed by atoms with van der Waals surface area (Å²) in [5, 5.41) is 91.4. The fourth-order valence-electron chi connectivity index (χ4n) is 4.79. The maximum absolute atomic E-state index is 13.5. The van der Waals surface area contributed by atoms with Crippen molar-refractivity contribution in [3.63, 3.8) is 0 Å². The van der Waals surface area contributed by atoms with Crippen molar-refractivity contribution in [1.82, 2.24) is 0 Å². The van der Waals surface area contributed by atoms with E-state index in [1.54, 1.807) is 0 Å². The minimum Gasteiger partial charge on any atom is -0.508 e. The molecule has 0 amide bonds. The van der Waals surface area contributed by atoms with E-state index in [9.17, 15) is 50.8 Å². The van der Waals surface area contributed by atoms with Gasteiger partial charge in [-0.2, -0.15) is 0 Å². The van der Waals surface area contributed by atoms with E-state index in [0.29, 0.717) is 0 Å². The minimum absolute atomic E-state index is 0.103. The normalized spacial score (nSPS) is 33.5. The SMILES string of the molecule is C[C@H]1O[C@@H](OC[C@H]2O[C@@H](Oc3c(-c4ccc(O)cc4)oc4cc(O)cc(O)c4c3=O)[C@@H](O)[C@@H](O)[C@H]2O)[C@@H](O)[C@@H](O)[C@H]1O. The molecular weight excluding hydrogens is 564 g/mol. The quantitative estimate of drug-likeness (QED) is 0.159. The number of hydrogen-bond acceptors (Lipinski definition) is 15. The Balaban J connectivity index is 1.46. The lowest BCUT2D eigenvalue weighted by Gasteiger charge is -2.42. The average Bonchev–Trinajstić information content (AvgIpc) is 2.95. The Bertz CT molecular complexity index is 1470. The van der Waals surface area contributed by atoms with Gasteiger partial charge in [-0.15, -0.1) is 0 Å². The van der Waals surface area contributed by atoms with E-state index < -0.39 is 90.7 Å². The van der Waals surface area contributed by atoms with Gasteiger partial charge in [0.05, 0.1) is 12.7 Å². The summed E-state index contributed by atoms with van der Waals surface area (Å²) >= 11 is 0. The van der Waals surface area contributed by atoms with Gasteiger partial charge < -0.3 is 69.3 Å². The number of rotatable bonds is 6. The largest absolute Gasteiger partial charge is 0.508 e. The Morgan fingerprint density at radius 1 is 0.762 bits per heavy atom. The van der Waals surface area contributed by atoms with Crippen LogP contribution < -0.4 is 10.2 Å². The minimum atomic E-state index is -1.92. The van der Waals surface area contributed by atoms with Gasteiger partial charge in [-0.25, -0.2) is 0 Å². The van der Waals surface area contributed by atoms with Crippen LogP contribution in [0.2, 0.25) is 0 Å². The Labute approximate surface area is 236 Å². The standard InChI is InChI=1S/C27H30O15/c1-9-17(31)20(34)22(36)26(39-9)38-8-15-18(32)21(35)23(37)27(41-15)42-25-19(33)16-13(30)6-12(29)7-14(16)40-24(25)10-2-4-11(28)5-3-10/h2-7,9,15,17-18,20-23,26-32,34-37H,8H2,1H3/t9-,15-,17+,18+,20+,21+,22+,23+,26-,27+/m1/s1. The third kappa shape index (κ3) is 5.49. The van der Waals surface area contributed by atoms with Gasteiger partial charge in [0.15, 0.2) is 12.1 Å². The van der Waals surface area contributed by atoms with Crippen molar-refractivity contribution in [2.24, 2.45) is 0 Å². The van der Waals surface area contributed by atoms with Gasteiger partial charge in [0.1, 0.15) is 70.9 Å². The molecule has 0 unspecified atom stereocenters. The van der Waals surface area contributed by atoms with Gasteiger partial charge in [0, 0.05) is 17.7 Å². The molecule has 15 heteroatoms. The first kappa shape index (κ1) is 30.0. The van der Waals surface area contributed by atoms with E-state index in [2.05, 4.69) is 0 Å². The molecule has 2 aromatic carbocycles. The van der Waals surface area contributed by atoms with Crippen LogP contribution in [0.25, 0.3) is 22.3 Å². The third-order valence-corrected chi connectivity index (χ3v) is 7.18. The molecule has 2 saturated heterocycles. The third-order valence-electron chi connectivity index (χ3n) is 7.18. The zero-order chi connectivity index (χ0) is 30.5. The van der Waals surface area contributed by atoms with Crippen molar-refractivity contribution >= 4 is 11.0 Å². The molecule has 0 saturated carbocycles. The molecule has 5 rings (SSSR count). The number of ether oxygens (including phenoxy) is 4. The number of hydrogen-bond donors (Lipinski definition) is 9. The lowest BCUT2D eigenvalue weighted by atomic mass is 9.98. The number of benzene rings is 2. The highest BCUT2D eigenvalue weighted by molar-refractivity contribution is 5.88. The average molecular weight is 595 g/mol. The van der Waals surface area contributed by atoms with Crippen LogP contribution in [0.1, 0.15) is 6.92 Å². The highest BCUT2D eigenvalue weighted by Gasteiger charge is 2.47. The van der Waals surface area contributed by atoms with Crippen LogP contribution in [0.15, 0.2) is 45.6 Å². The van der Waals surface area contributed by atoms with Crippen molar-refractivity contribution in [2.75, 3.05) is 6.61 Å². The summed E-state index contributed by atoms with van der Waals surface area (Å²) in [4.78, 5) is 13.5. The van der Waals surface area contributed by atoms with Gasteiger partial charge in [-0.3, -0.25) is 4.79 Å². The first-order chi connectivity index (χ1) is 19.9. The summed E-state index contributed by atoms with van der Waals surface area (Å²) in [5.74, 6) is -1.97. The van der Waals surface area contributed by atoms with E-state index in [1.165, 1.54) is 31.2 Å². The second kappa shape index (κ2) is 11.6. The summed E-state index contributed by atoms with van der Waals surface area (Å²) in [6.07, 6.45) is -15.8. The summed E-state index contributed by atoms with van der Waals surface area (Å²) in [6, 6.07) is 7.33. The summed E-state index contributed by atoms with van der Waals surface area (Å²) in [7, 11) is 0. The molecule has 228 valence electrons. The first-order valence-electron chi connectivity index (χ1n) is 12.9. The molecule has 0 bridgehead atoms. The zero-order valence-corrected chi connectivity index (χ0v) is 21.9. The van der Waals surface area contributed by atoms with E-state index >= 15 is 0 Å². The molecular formula is C27H30O15. The van der Waals surface area contributed by atoms with Crippen LogP contribution in [0.5, 0.6) is 23.0 Å². The predicted molar refractivity (Wildman–Crippen MR) is 139 cm³/mol. The number of phenols is 3. The van der Waals surface area contributed by atoms with E-state index in [0.717, 1.165) is 12.1 Å². The maximum Gasteiger partial charge on any atom is 0.239 e. The van der Waals surface area contributed by atoms with Crippen LogP contribution in [-0.4, -0.2) is 114 Å². The fourth-order valence-corrected chi connectivity index (χ4v) is 4.79. The highest BCUT2D eigenvalue weighted by atomic mass is 16.7. The molecule has 42 heavy (non-hydrogen) atoms. The smallest absolute Gasteiger partial charge is 0.239 e. The van der Waals surface area contributed by atoms with Gasteiger partial charge >= 0.3 is 0 Å². The molecule has 3 aromatic rings. The second-order valence-corrected chi connectivity index (χ2v) is 10.1. The molecule has 2 fully saturated rings. The zero-order valence-electron chi connectivity index (χ0n) is 21.9. The van der Waals surface area contributed by atoms with Gasteiger partial charge in [-0.05, 0) is 31.2 Å². The molecule has 1 aromatic heterocycles. The number of aromatic hydroxyl groups is 3. The van der Waals surface area contributed by atoms with Crippen molar-refractivity contribution in [2.45, 2.75) is 68.3 Å². The van der Waals surface area contributed by atoms with Gasteiger partial charge in [0.25, 0.3) is 0 Å². The Kier molecular flexibility index (Phi) is 8.30. The highest BCUT2D eigenvalue weighted by Crippen LogP contribution is 2.37. The predicted octanol–water partition coefficient (Wildman–Crippen LogP) is -1.39. The molecule has 2 aliphatic heterocycles. The van der Waals surface area contributed by atoms with Gasteiger partial charge in [0.2, 0.25) is 17.5 Å².